The molecule has 0 atom stereocenters. The number of aryl methyl sites for hydroxylation is 2. The van der Waals surface area contributed by atoms with E-state index < -0.39 is 0 Å². The average molecular weight is 357 g/mol. The predicted octanol–water partition coefficient (Wildman–Crippen LogP) is 2.64. The van der Waals surface area contributed by atoms with Crippen LogP contribution in [-0.2, 0) is 11.3 Å². The van der Waals surface area contributed by atoms with Gasteiger partial charge in [-0.25, -0.2) is 4.98 Å². The number of rotatable bonds is 5. The van der Waals surface area contributed by atoms with E-state index in [1.165, 1.54) is 16.2 Å². The van der Waals surface area contributed by atoms with E-state index in [1.807, 2.05) is 37.4 Å². The number of hydrogen-bond donors (Lipinski definition) is 1. The van der Waals surface area contributed by atoms with Crippen LogP contribution in [0.1, 0.15) is 17.0 Å². The summed E-state index contributed by atoms with van der Waals surface area (Å²) in [7, 11) is 1.66. The average Bonchev–Trinajstić information content (AvgIpc) is 3.00. The second-order valence-corrected chi connectivity index (χ2v) is 6.93. The van der Waals surface area contributed by atoms with E-state index in [-0.39, 0.29) is 24.6 Å². The molecule has 0 fully saturated rings. The zero-order chi connectivity index (χ0) is 18.0. The monoisotopic (exact) mass is 357 g/mol. The van der Waals surface area contributed by atoms with E-state index in [0.717, 1.165) is 11.1 Å². The van der Waals surface area contributed by atoms with Crippen LogP contribution in [0.2, 0.25) is 0 Å². The van der Waals surface area contributed by atoms with Crippen LogP contribution in [0.3, 0.4) is 0 Å². The summed E-state index contributed by atoms with van der Waals surface area (Å²) in [5.41, 5.74) is 2.64. The van der Waals surface area contributed by atoms with Gasteiger partial charge in [0, 0.05) is 7.05 Å². The smallest absolute Gasteiger partial charge is 0.268 e. The highest BCUT2D eigenvalue weighted by Crippen LogP contribution is 2.16. The van der Waals surface area contributed by atoms with Crippen LogP contribution in [0.25, 0.3) is 10.2 Å². The standard InChI is InChI=1S/C18H19N3O3S/c1-11-6-12(2)8-13(7-11)24-10-16(22)21(3)9-15-19-14-4-5-25-17(14)18(23)20-15/h4-8H,9-10H2,1-3H3,(H,19,20,23). The highest BCUT2D eigenvalue weighted by atomic mass is 32.1. The van der Waals surface area contributed by atoms with Crippen LogP contribution in [-0.4, -0.2) is 34.4 Å². The number of carbonyl (C=O) groups excluding carboxylic acids is 1. The first-order valence-corrected chi connectivity index (χ1v) is 8.72. The Labute approximate surface area is 149 Å². The topological polar surface area (TPSA) is 75.3 Å². The van der Waals surface area contributed by atoms with Crippen LogP contribution in [0.4, 0.5) is 0 Å². The predicted molar refractivity (Wildman–Crippen MR) is 98.1 cm³/mol. The molecule has 2 heterocycles. The lowest BCUT2D eigenvalue weighted by molar-refractivity contribution is -0.132. The zero-order valence-corrected chi connectivity index (χ0v) is 15.1. The molecule has 3 rings (SSSR count). The molecular formula is C18H19N3O3S. The minimum atomic E-state index is -0.188. The Morgan fingerprint density at radius 2 is 2.00 bits per heavy atom. The molecule has 0 unspecified atom stereocenters. The Hall–Kier alpha value is -2.67. The molecule has 2 aromatic heterocycles. The molecule has 0 saturated carbocycles. The lowest BCUT2D eigenvalue weighted by Gasteiger charge is -2.17. The lowest BCUT2D eigenvalue weighted by atomic mass is 10.1. The zero-order valence-electron chi connectivity index (χ0n) is 14.3. The quantitative estimate of drug-likeness (QED) is 0.762. The fourth-order valence-electron chi connectivity index (χ4n) is 2.58. The maximum atomic E-state index is 12.3. The third-order valence-corrected chi connectivity index (χ3v) is 4.64. The van der Waals surface area contributed by atoms with Gasteiger partial charge in [-0.1, -0.05) is 6.07 Å². The van der Waals surface area contributed by atoms with Crippen molar-refractivity contribution in [1.82, 2.24) is 14.9 Å². The minimum Gasteiger partial charge on any atom is -0.484 e. The highest BCUT2D eigenvalue weighted by Gasteiger charge is 2.13. The molecule has 0 bridgehead atoms. The first kappa shape index (κ1) is 17.2. The molecule has 130 valence electrons. The Bertz CT molecular complexity index is 957. The van der Waals surface area contributed by atoms with Gasteiger partial charge in [0.1, 0.15) is 16.3 Å². The first-order valence-electron chi connectivity index (χ1n) is 7.84. The van der Waals surface area contributed by atoms with Gasteiger partial charge in [-0.15, -0.1) is 11.3 Å². The molecule has 25 heavy (non-hydrogen) atoms. The van der Waals surface area contributed by atoms with Gasteiger partial charge in [-0.05, 0) is 48.6 Å². The van der Waals surface area contributed by atoms with Gasteiger partial charge in [0.25, 0.3) is 11.5 Å². The van der Waals surface area contributed by atoms with E-state index in [2.05, 4.69) is 9.97 Å². The van der Waals surface area contributed by atoms with E-state index in [9.17, 15) is 9.59 Å². The molecule has 6 nitrogen and oxygen atoms in total. The highest BCUT2D eigenvalue weighted by molar-refractivity contribution is 7.17. The summed E-state index contributed by atoms with van der Waals surface area (Å²) in [4.78, 5) is 32.8. The molecule has 0 aliphatic carbocycles. The second kappa shape index (κ2) is 7.06. The van der Waals surface area contributed by atoms with Crippen molar-refractivity contribution < 1.29 is 9.53 Å². The van der Waals surface area contributed by atoms with Gasteiger partial charge >= 0.3 is 0 Å². The number of H-pyrrole nitrogens is 1. The van der Waals surface area contributed by atoms with Crippen molar-refractivity contribution in [2.24, 2.45) is 0 Å². The minimum absolute atomic E-state index is 0.0652. The van der Waals surface area contributed by atoms with Crippen molar-refractivity contribution in [2.75, 3.05) is 13.7 Å². The number of ether oxygens (including phenoxy) is 1. The number of aromatic nitrogens is 2. The molecule has 0 spiro atoms. The molecule has 0 radical (unpaired) electrons. The van der Waals surface area contributed by atoms with Crippen LogP contribution in [0.15, 0.2) is 34.4 Å². The molecule has 0 aliphatic heterocycles. The summed E-state index contributed by atoms with van der Waals surface area (Å²) in [5.74, 6) is 0.941. The number of nitrogens with one attached hydrogen (secondary N) is 1. The molecule has 0 aliphatic rings. The van der Waals surface area contributed by atoms with Crippen molar-refractivity contribution in [3.63, 3.8) is 0 Å². The molecule has 1 amide bonds. The maximum absolute atomic E-state index is 12.3. The number of amides is 1. The van der Waals surface area contributed by atoms with E-state index in [1.54, 1.807) is 13.1 Å². The largest absolute Gasteiger partial charge is 0.484 e. The Balaban J connectivity index is 1.64. The number of nitrogens with zero attached hydrogens (tertiary/aromatic N) is 2. The fourth-order valence-corrected chi connectivity index (χ4v) is 3.31. The van der Waals surface area contributed by atoms with Crippen molar-refractivity contribution in [1.29, 1.82) is 0 Å². The maximum Gasteiger partial charge on any atom is 0.268 e. The summed E-state index contributed by atoms with van der Waals surface area (Å²) < 4.78 is 6.18. The van der Waals surface area contributed by atoms with Crippen molar-refractivity contribution in [2.45, 2.75) is 20.4 Å². The van der Waals surface area contributed by atoms with Gasteiger partial charge in [0.15, 0.2) is 6.61 Å². The van der Waals surface area contributed by atoms with Crippen LogP contribution in [0.5, 0.6) is 5.75 Å². The van der Waals surface area contributed by atoms with E-state index in [0.29, 0.717) is 21.8 Å². The first-order chi connectivity index (χ1) is 11.9. The molecule has 7 heteroatoms. The van der Waals surface area contributed by atoms with Crippen molar-refractivity contribution in [3.05, 3.63) is 57.0 Å². The summed E-state index contributed by atoms with van der Waals surface area (Å²) in [6.07, 6.45) is 0. The number of thiophene rings is 1. The summed E-state index contributed by atoms with van der Waals surface area (Å²) >= 11 is 1.35. The normalized spacial score (nSPS) is 10.8. The van der Waals surface area contributed by atoms with E-state index in [4.69, 9.17) is 4.74 Å². The van der Waals surface area contributed by atoms with E-state index >= 15 is 0 Å². The number of carbonyl (C=O) groups is 1. The second-order valence-electron chi connectivity index (χ2n) is 6.01. The molecule has 1 N–H and O–H groups in total. The number of benzene rings is 1. The summed E-state index contributed by atoms with van der Waals surface area (Å²) in [6, 6.07) is 7.63. The number of likely N-dealkylation sites (N-methyl/N-ethyl adjacent to an activating group) is 1. The van der Waals surface area contributed by atoms with Gasteiger partial charge in [0.2, 0.25) is 0 Å². The molecule has 3 aromatic rings. The Morgan fingerprint density at radius 1 is 1.28 bits per heavy atom. The van der Waals surface area contributed by atoms with Crippen LogP contribution < -0.4 is 10.3 Å². The summed E-state index contributed by atoms with van der Waals surface area (Å²) in [6.45, 7) is 4.12. The molecular weight excluding hydrogens is 338 g/mol. The van der Waals surface area contributed by atoms with Crippen LogP contribution >= 0.6 is 11.3 Å². The number of aromatic amines is 1. The van der Waals surface area contributed by atoms with Gasteiger partial charge < -0.3 is 14.6 Å². The third-order valence-electron chi connectivity index (χ3n) is 3.73. The summed E-state index contributed by atoms with van der Waals surface area (Å²) in [5, 5.41) is 1.82. The number of hydrogen-bond acceptors (Lipinski definition) is 5. The van der Waals surface area contributed by atoms with Crippen LogP contribution in [0, 0.1) is 13.8 Å². The van der Waals surface area contributed by atoms with Crippen molar-refractivity contribution in [3.8, 4) is 5.75 Å². The lowest BCUT2D eigenvalue weighted by Crippen LogP contribution is -2.32. The molecule has 1 aromatic carbocycles. The fraction of sp³-hybridized carbons (Fsp3) is 0.278. The Kier molecular flexibility index (Phi) is 4.85. The third kappa shape index (κ3) is 4.06. The van der Waals surface area contributed by atoms with Gasteiger partial charge in [-0.3, -0.25) is 9.59 Å². The Morgan fingerprint density at radius 3 is 2.72 bits per heavy atom. The van der Waals surface area contributed by atoms with Crippen molar-refractivity contribution >= 4 is 27.5 Å². The van der Waals surface area contributed by atoms with Gasteiger partial charge in [-0.2, -0.15) is 0 Å². The number of fused-ring (bicyclic) bond motifs is 1. The SMILES string of the molecule is Cc1cc(C)cc(OCC(=O)N(C)Cc2nc3ccsc3c(=O)[nH]2)c1. The van der Waals surface area contributed by atoms with Gasteiger partial charge in [0.05, 0.1) is 12.1 Å². The molecule has 0 saturated heterocycles.